The molecule has 2 aromatic heterocycles. The van der Waals surface area contributed by atoms with Gasteiger partial charge in [0, 0.05) is 49.7 Å². The van der Waals surface area contributed by atoms with Crippen LogP contribution in [-0.2, 0) is 0 Å². The Morgan fingerprint density at radius 3 is 2.34 bits per heavy atom. The first-order chi connectivity index (χ1) is 15.7. The molecule has 2 aromatic carbocycles. The van der Waals surface area contributed by atoms with Gasteiger partial charge in [-0.3, -0.25) is 4.79 Å². The summed E-state index contributed by atoms with van der Waals surface area (Å²) in [5, 5.41) is 0. The second-order valence-corrected chi connectivity index (χ2v) is 7.77. The van der Waals surface area contributed by atoms with Gasteiger partial charge < -0.3 is 14.2 Å². The average Bonchev–Trinajstić information content (AvgIpc) is 3.35. The Bertz CT molecular complexity index is 1210. The number of aromatic nitrogens is 3. The van der Waals surface area contributed by atoms with Gasteiger partial charge in [-0.2, -0.15) is 0 Å². The molecule has 5 rings (SSSR count). The quantitative estimate of drug-likeness (QED) is 0.491. The maximum absolute atomic E-state index is 13.4. The minimum atomic E-state index is -0.0238. The smallest absolute Gasteiger partial charge is 0.254 e. The maximum atomic E-state index is 13.4. The molecule has 7 heteroatoms. The molecule has 0 saturated carbocycles. The third-order valence-electron chi connectivity index (χ3n) is 5.63. The van der Waals surface area contributed by atoms with E-state index in [4.69, 9.17) is 4.42 Å². The average molecular weight is 425 g/mol. The van der Waals surface area contributed by atoms with Gasteiger partial charge in [0.1, 0.15) is 0 Å². The van der Waals surface area contributed by atoms with Crippen LogP contribution in [0.5, 0.6) is 0 Å². The Balaban J connectivity index is 1.35. The number of aryl methyl sites for hydroxylation is 1. The number of piperazine rings is 1. The Morgan fingerprint density at radius 2 is 1.59 bits per heavy atom. The first kappa shape index (κ1) is 19.9. The fraction of sp³-hybridized carbons (Fsp3) is 0.200. The minimum Gasteiger partial charge on any atom is -0.436 e. The number of anilines is 1. The number of carbonyl (C=O) groups is 1. The van der Waals surface area contributed by atoms with Crippen LogP contribution in [0.3, 0.4) is 0 Å². The number of rotatable bonds is 4. The zero-order chi connectivity index (χ0) is 21.9. The van der Waals surface area contributed by atoms with Gasteiger partial charge in [0.25, 0.3) is 5.91 Å². The van der Waals surface area contributed by atoms with E-state index in [1.54, 1.807) is 24.7 Å². The van der Waals surface area contributed by atoms with Crippen molar-refractivity contribution in [2.75, 3.05) is 31.1 Å². The van der Waals surface area contributed by atoms with E-state index in [0.29, 0.717) is 54.9 Å². The lowest BCUT2D eigenvalue weighted by Crippen LogP contribution is -2.49. The number of nitrogens with zero attached hydrogens (tertiary/aromatic N) is 5. The second kappa shape index (κ2) is 8.63. The van der Waals surface area contributed by atoms with E-state index in [1.807, 2.05) is 60.4 Å². The van der Waals surface area contributed by atoms with Crippen LogP contribution in [0, 0.1) is 6.92 Å². The van der Waals surface area contributed by atoms with Crippen LogP contribution in [0.2, 0.25) is 0 Å². The van der Waals surface area contributed by atoms with Crippen molar-refractivity contribution in [1.29, 1.82) is 0 Å². The molecule has 3 heterocycles. The van der Waals surface area contributed by atoms with Crippen LogP contribution < -0.4 is 4.90 Å². The number of hydrogen-bond donors (Lipinski definition) is 0. The highest BCUT2D eigenvalue weighted by atomic mass is 16.4. The molecular weight excluding hydrogens is 402 g/mol. The monoisotopic (exact) mass is 425 g/mol. The molecule has 160 valence electrons. The lowest BCUT2D eigenvalue weighted by Gasteiger charge is -2.34. The van der Waals surface area contributed by atoms with E-state index in [2.05, 4.69) is 19.9 Å². The van der Waals surface area contributed by atoms with Gasteiger partial charge in [-0.05, 0) is 25.1 Å². The minimum absolute atomic E-state index is 0.0238. The summed E-state index contributed by atoms with van der Waals surface area (Å²) in [5.41, 5.74) is 3.43. The van der Waals surface area contributed by atoms with Gasteiger partial charge >= 0.3 is 0 Å². The summed E-state index contributed by atoms with van der Waals surface area (Å²) in [4.78, 5) is 30.4. The predicted molar refractivity (Wildman–Crippen MR) is 122 cm³/mol. The molecule has 1 fully saturated rings. The Hall–Kier alpha value is -4.00. The summed E-state index contributed by atoms with van der Waals surface area (Å²) in [6.07, 6.45) is 5.18. The van der Waals surface area contributed by atoms with Gasteiger partial charge in [0.15, 0.2) is 5.76 Å². The summed E-state index contributed by atoms with van der Waals surface area (Å²) in [6.45, 7) is 4.63. The number of carbonyl (C=O) groups excluding carboxylic acids is 1. The number of hydrogen-bond acceptors (Lipinski definition) is 6. The Labute approximate surface area is 186 Å². The SMILES string of the molecule is Cc1ccc(-c2cnc(-c3ccccc3C(=O)N3CCN(c4ncccn4)CC3)o2)cc1. The molecule has 1 saturated heterocycles. The van der Waals surface area contributed by atoms with Crippen molar-refractivity contribution in [2.45, 2.75) is 6.92 Å². The van der Waals surface area contributed by atoms with E-state index >= 15 is 0 Å². The summed E-state index contributed by atoms with van der Waals surface area (Å²) >= 11 is 0. The van der Waals surface area contributed by atoms with Gasteiger partial charge in [0.05, 0.1) is 11.8 Å². The van der Waals surface area contributed by atoms with Crippen LogP contribution in [-0.4, -0.2) is 51.9 Å². The van der Waals surface area contributed by atoms with Crippen molar-refractivity contribution in [3.63, 3.8) is 0 Å². The fourth-order valence-corrected chi connectivity index (χ4v) is 3.84. The topological polar surface area (TPSA) is 75.4 Å². The van der Waals surface area contributed by atoms with Gasteiger partial charge in [-0.25, -0.2) is 15.0 Å². The third kappa shape index (κ3) is 3.97. The fourth-order valence-electron chi connectivity index (χ4n) is 3.84. The van der Waals surface area contributed by atoms with Crippen molar-refractivity contribution in [3.8, 4) is 22.8 Å². The summed E-state index contributed by atoms with van der Waals surface area (Å²) in [6, 6.07) is 17.4. The molecule has 0 atom stereocenters. The molecule has 1 aliphatic heterocycles. The van der Waals surface area contributed by atoms with Crippen molar-refractivity contribution in [3.05, 3.63) is 84.3 Å². The van der Waals surface area contributed by atoms with E-state index in [-0.39, 0.29) is 5.91 Å². The molecule has 32 heavy (non-hydrogen) atoms. The lowest BCUT2D eigenvalue weighted by atomic mass is 10.1. The largest absolute Gasteiger partial charge is 0.436 e. The predicted octanol–water partition coefficient (Wildman–Crippen LogP) is 4.07. The van der Waals surface area contributed by atoms with Crippen molar-refractivity contribution >= 4 is 11.9 Å². The van der Waals surface area contributed by atoms with Crippen LogP contribution in [0.25, 0.3) is 22.8 Å². The molecule has 0 bridgehead atoms. The van der Waals surface area contributed by atoms with Crippen LogP contribution in [0.15, 0.2) is 77.6 Å². The zero-order valence-electron chi connectivity index (χ0n) is 17.8. The molecule has 4 aromatic rings. The second-order valence-electron chi connectivity index (χ2n) is 7.77. The Kier molecular flexibility index (Phi) is 5.37. The Morgan fingerprint density at radius 1 is 0.875 bits per heavy atom. The summed E-state index contributed by atoms with van der Waals surface area (Å²) in [7, 11) is 0. The first-order valence-electron chi connectivity index (χ1n) is 10.6. The molecule has 0 spiro atoms. The van der Waals surface area contributed by atoms with Crippen molar-refractivity contribution < 1.29 is 9.21 Å². The zero-order valence-corrected chi connectivity index (χ0v) is 17.8. The standard InChI is InChI=1S/C25H23N5O2/c1-18-7-9-19(10-8-18)22-17-28-23(32-22)20-5-2-3-6-21(20)24(31)29-13-15-30(16-14-29)25-26-11-4-12-27-25/h2-12,17H,13-16H2,1H3. The van der Waals surface area contributed by atoms with Gasteiger partial charge in [-0.15, -0.1) is 0 Å². The third-order valence-corrected chi connectivity index (χ3v) is 5.63. The van der Waals surface area contributed by atoms with Crippen LogP contribution >= 0.6 is 0 Å². The molecule has 0 N–H and O–H groups in total. The van der Waals surface area contributed by atoms with Crippen LogP contribution in [0.1, 0.15) is 15.9 Å². The lowest BCUT2D eigenvalue weighted by molar-refractivity contribution is 0.0746. The van der Waals surface area contributed by atoms with Gasteiger partial charge in [-0.1, -0.05) is 42.0 Å². The highest BCUT2D eigenvalue weighted by molar-refractivity contribution is 6.00. The summed E-state index contributed by atoms with van der Waals surface area (Å²) in [5.74, 6) is 1.80. The molecular formula is C25H23N5O2. The van der Waals surface area contributed by atoms with E-state index in [1.165, 1.54) is 5.56 Å². The number of oxazole rings is 1. The van der Waals surface area contributed by atoms with E-state index in [0.717, 1.165) is 5.56 Å². The van der Waals surface area contributed by atoms with Crippen LogP contribution in [0.4, 0.5) is 5.95 Å². The van der Waals surface area contributed by atoms with Crippen molar-refractivity contribution in [2.24, 2.45) is 0 Å². The maximum Gasteiger partial charge on any atom is 0.254 e. The normalized spacial score (nSPS) is 13.9. The number of amides is 1. The molecule has 0 radical (unpaired) electrons. The first-order valence-corrected chi connectivity index (χ1v) is 10.6. The highest BCUT2D eigenvalue weighted by Crippen LogP contribution is 2.29. The molecule has 1 amide bonds. The van der Waals surface area contributed by atoms with Gasteiger partial charge in [0.2, 0.25) is 11.8 Å². The number of benzene rings is 2. The molecule has 0 aliphatic carbocycles. The van der Waals surface area contributed by atoms with E-state index < -0.39 is 0 Å². The highest BCUT2D eigenvalue weighted by Gasteiger charge is 2.26. The molecule has 0 unspecified atom stereocenters. The van der Waals surface area contributed by atoms with E-state index in [9.17, 15) is 4.79 Å². The van der Waals surface area contributed by atoms with Crippen molar-refractivity contribution in [1.82, 2.24) is 19.9 Å². The molecule has 7 nitrogen and oxygen atoms in total. The summed E-state index contributed by atoms with van der Waals surface area (Å²) < 4.78 is 6.04. The molecule has 1 aliphatic rings.